The molecule has 1 fully saturated rings. The lowest BCUT2D eigenvalue weighted by Crippen LogP contribution is -2.46. The highest BCUT2D eigenvalue weighted by Gasteiger charge is 2.57. The number of hydrogen-bond acceptors (Lipinski definition) is 16. The van der Waals surface area contributed by atoms with Gasteiger partial charge in [0.2, 0.25) is 5.72 Å². The van der Waals surface area contributed by atoms with Crippen molar-refractivity contribution < 1.29 is 51.0 Å². The minimum absolute atomic E-state index is 0.225. The van der Waals surface area contributed by atoms with Crippen molar-refractivity contribution in [2.75, 3.05) is 13.1 Å². The Balaban J connectivity index is 0.000000197. The monoisotopic (exact) mass is 1190 g/mol. The highest BCUT2D eigenvalue weighted by molar-refractivity contribution is 7.13. The van der Waals surface area contributed by atoms with Gasteiger partial charge in [0.1, 0.15) is 0 Å². The van der Waals surface area contributed by atoms with E-state index in [1.165, 1.54) is 29.3 Å². The first-order chi connectivity index (χ1) is 36.5. The van der Waals surface area contributed by atoms with Gasteiger partial charge in [-0.2, -0.15) is 13.2 Å². The standard InChI is InChI=1S/C18H21NO3S2.C18H19NO2S2.C15H14O3S2.C3H7N.C2HF3O2/c1-6-7-19-17(20)22-16(14-8-10(2)23-12(14)4)18(19,21)15-9-11(3)24-13(15)5;1-6-7-19-16(14-8-10(2)22-12(14)4)17(21-18(19)20)15-9-11(3)23-13(15)5;1-7-5-11(9(3)19-7)13-14(18-15(16)17-13)12-6-8(2)20-10(12)4;1-2-3-4;3-2(4,5)1(6)7/h6,8-9,16,21H,1,7H2,2-5H3;6,8-9H,1,7H2,2-5H3;5-6H,1-4H3;2H,1,3-4H2;(H,6,7). The van der Waals surface area contributed by atoms with Crippen molar-refractivity contribution >= 4 is 80.1 Å². The number of nitrogens with two attached hydrogens (primary N) is 1. The summed E-state index contributed by atoms with van der Waals surface area (Å²) in [5.41, 5.74) is 9.79. The summed E-state index contributed by atoms with van der Waals surface area (Å²) in [6, 6.07) is 12.2. The predicted octanol–water partition coefficient (Wildman–Crippen LogP) is 15.6. The molecule has 0 saturated carbocycles. The second kappa shape index (κ2) is 26.2. The zero-order valence-electron chi connectivity index (χ0n) is 45.2. The van der Waals surface area contributed by atoms with E-state index in [1.807, 2.05) is 79.7 Å². The van der Waals surface area contributed by atoms with Crippen LogP contribution in [0.3, 0.4) is 0 Å². The number of aromatic nitrogens is 1. The quantitative estimate of drug-likeness (QED) is 0.104. The fraction of sp³-hybridized carbons (Fsp3) is 0.321. The van der Waals surface area contributed by atoms with E-state index in [2.05, 4.69) is 59.6 Å². The van der Waals surface area contributed by atoms with Crippen LogP contribution in [0.2, 0.25) is 0 Å². The molecule has 1 aliphatic heterocycles. The molecule has 0 aliphatic carbocycles. The first kappa shape index (κ1) is 62.7. The van der Waals surface area contributed by atoms with Crippen LogP contribution in [0.4, 0.5) is 18.0 Å². The van der Waals surface area contributed by atoms with Crippen molar-refractivity contribution in [2.24, 2.45) is 5.73 Å². The molecule has 9 heterocycles. The van der Waals surface area contributed by atoms with E-state index in [9.17, 15) is 32.7 Å². The summed E-state index contributed by atoms with van der Waals surface area (Å²) in [7, 11) is 0. The number of hydrogen-bond donors (Lipinski definition) is 3. The minimum atomic E-state index is -5.08. The predicted molar refractivity (Wildman–Crippen MR) is 312 cm³/mol. The SMILES string of the molecule is C=CCN.C=CCN1C(=O)OC(c2cc(C)sc2C)C1(O)c1cc(C)sc1C.C=CCn1c(-c2cc(C)sc2C)c(-c2cc(C)sc2C)oc1=O.Cc1cc(-c2oc(=O)oc2-c2cc(C)sc2C)c(C)s1.O=C(O)C(F)(F)F. The number of aryl methyl sites for hydroxylation is 12. The Bertz CT molecular complexity index is 3500. The van der Waals surface area contributed by atoms with Crippen LogP contribution in [0.1, 0.15) is 75.8 Å². The molecule has 4 N–H and O–H groups in total. The van der Waals surface area contributed by atoms with E-state index in [4.69, 9.17) is 33.6 Å². The molecule has 22 heteroatoms. The second-order valence-electron chi connectivity index (χ2n) is 17.8. The number of allylic oxidation sites excluding steroid dienone is 1. The molecule has 13 nitrogen and oxygen atoms in total. The molecule has 0 radical (unpaired) electrons. The number of nitrogens with zero attached hydrogens (tertiary/aromatic N) is 2. The number of aliphatic carboxylic acids is 1. The van der Waals surface area contributed by atoms with Gasteiger partial charge in [-0.25, -0.2) is 19.2 Å². The number of cyclic esters (lactones) is 1. The summed E-state index contributed by atoms with van der Waals surface area (Å²) >= 11 is 10.1. The van der Waals surface area contributed by atoms with E-state index in [1.54, 1.807) is 90.8 Å². The van der Waals surface area contributed by atoms with Crippen molar-refractivity contribution in [3.8, 4) is 45.2 Å². The third kappa shape index (κ3) is 14.2. The van der Waals surface area contributed by atoms with Crippen LogP contribution in [0.25, 0.3) is 45.2 Å². The number of aliphatic hydroxyl groups is 1. The number of carbonyl (C=O) groups excluding carboxylic acids is 1. The summed E-state index contributed by atoms with van der Waals surface area (Å²) in [4.78, 5) is 60.3. The molecule has 0 spiro atoms. The van der Waals surface area contributed by atoms with Gasteiger partial charge < -0.3 is 33.9 Å². The molecule has 2 unspecified atom stereocenters. The van der Waals surface area contributed by atoms with Gasteiger partial charge >= 0.3 is 29.8 Å². The van der Waals surface area contributed by atoms with E-state index in [0.717, 1.165) is 73.2 Å². The number of halogens is 3. The molecule has 8 aromatic rings. The zero-order chi connectivity index (χ0) is 58.3. The van der Waals surface area contributed by atoms with Gasteiger partial charge in [0, 0.05) is 112 Å². The topological polar surface area (TPSA) is 192 Å². The maximum atomic E-state index is 12.5. The van der Waals surface area contributed by atoms with Crippen LogP contribution in [0.15, 0.2) is 97.2 Å². The minimum Gasteiger partial charge on any atom is -0.475 e. The third-order valence-corrected chi connectivity index (χ3v) is 17.5. The number of carboxylic acid groups (broad SMARTS) is 1. The molecule has 1 saturated heterocycles. The fourth-order valence-electron chi connectivity index (χ4n) is 8.56. The maximum absolute atomic E-state index is 12.5. The van der Waals surface area contributed by atoms with Gasteiger partial charge in [0.15, 0.2) is 23.4 Å². The van der Waals surface area contributed by atoms with Gasteiger partial charge in [-0.3, -0.25) is 9.47 Å². The Labute approximate surface area is 474 Å². The van der Waals surface area contributed by atoms with Crippen LogP contribution < -0.4 is 17.3 Å². The number of rotatable bonds is 11. The highest BCUT2D eigenvalue weighted by Crippen LogP contribution is 2.51. The average molecular weight is 1190 g/mol. The molecular formula is C56H62F3N3O10S6. The Morgan fingerprint density at radius 3 is 1.35 bits per heavy atom. The van der Waals surface area contributed by atoms with Gasteiger partial charge in [-0.05, 0) is 119 Å². The lowest BCUT2D eigenvalue weighted by atomic mass is 9.91. The Morgan fingerprint density at radius 2 is 1.00 bits per heavy atom. The summed E-state index contributed by atoms with van der Waals surface area (Å²) in [6.45, 7) is 36.5. The highest BCUT2D eigenvalue weighted by atomic mass is 32.1. The van der Waals surface area contributed by atoms with Crippen molar-refractivity contribution in [3.63, 3.8) is 0 Å². The number of oxazole rings is 1. The van der Waals surface area contributed by atoms with Crippen molar-refractivity contribution in [1.82, 2.24) is 9.47 Å². The first-order valence-corrected chi connectivity index (χ1v) is 28.8. The van der Waals surface area contributed by atoms with Crippen LogP contribution in [0, 0.1) is 83.1 Å². The zero-order valence-corrected chi connectivity index (χ0v) is 50.1. The molecular weight excluding hydrogens is 1120 g/mol. The van der Waals surface area contributed by atoms with Crippen LogP contribution in [0.5, 0.6) is 0 Å². The molecule has 78 heavy (non-hydrogen) atoms. The van der Waals surface area contributed by atoms with E-state index in [0.29, 0.717) is 30.4 Å². The number of thiophene rings is 6. The number of carbonyl (C=O) groups is 2. The lowest BCUT2D eigenvalue weighted by molar-refractivity contribution is -0.192. The van der Waals surface area contributed by atoms with E-state index in [-0.39, 0.29) is 12.3 Å². The van der Waals surface area contributed by atoms with E-state index < -0.39 is 35.9 Å². The van der Waals surface area contributed by atoms with Crippen molar-refractivity contribution in [1.29, 1.82) is 0 Å². The number of carboxylic acids is 1. The molecule has 1 aliphatic rings. The van der Waals surface area contributed by atoms with Crippen molar-refractivity contribution in [2.45, 2.75) is 108 Å². The number of alkyl halides is 3. The smallest absolute Gasteiger partial charge is 0.475 e. The summed E-state index contributed by atoms with van der Waals surface area (Å²) < 4.78 is 55.3. The van der Waals surface area contributed by atoms with E-state index >= 15 is 0 Å². The second-order valence-corrected chi connectivity index (χ2v) is 26.5. The Hall–Kier alpha value is -6.11. The normalized spacial score (nSPS) is 14.8. The fourth-order valence-corrected chi connectivity index (χ4v) is 14.2. The summed E-state index contributed by atoms with van der Waals surface area (Å²) in [5.74, 6) is -1.99. The summed E-state index contributed by atoms with van der Waals surface area (Å²) in [6.07, 6.45) is -1.36. The van der Waals surface area contributed by atoms with Crippen molar-refractivity contribution in [3.05, 3.63) is 165 Å². The van der Waals surface area contributed by atoms with Crippen LogP contribution in [-0.2, 0) is 21.8 Å². The van der Waals surface area contributed by atoms with Crippen LogP contribution in [-0.4, -0.2) is 51.0 Å². The molecule has 1 amide bonds. The molecule has 0 aromatic carbocycles. The lowest BCUT2D eigenvalue weighted by Gasteiger charge is -2.34. The first-order valence-electron chi connectivity index (χ1n) is 23.9. The summed E-state index contributed by atoms with van der Waals surface area (Å²) in [5, 5.41) is 18.8. The van der Waals surface area contributed by atoms with Gasteiger partial charge in [0.05, 0.1) is 5.69 Å². The molecule has 2 atom stereocenters. The number of ether oxygens (including phenoxy) is 1. The largest absolute Gasteiger partial charge is 0.519 e. The van der Waals surface area contributed by atoms with Gasteiger partial charge in [-0.1, -0.05) is 18.2 Å². The van der Waals surface area contributed by atoms with Gasteiger partial charge in [0.25, 0.3) is 0 Å². The average Bonchev–Trinajstić information content (AvgIpc) is 4.26. The molecule has 9 rings (SSSR count). The third-order valence-electron chi connectivity index (χ3n) is 11.7. The maximum Gasteiger partial charge on any atom is 0.519 e. The Morgan fingerprint density at radius 1 is 0.615 bits per heavy atom. The molecule has 8 aromatic heterocycles. The molecule has 0 bridgehead atoms. The van der Waals surface area contributed by atoms with Crippen LogP contribution >= 0.6 is 68.0 Å². The Kier molecular flexibility index (Phi) is 21.1. The number of amides is 1. The van der Waals surface area contributed by atoms with Gasteiger partial charge in [-0.15, -0.1) is 87.8 Å². The molecule has 418 valence electrons.